The molecule has 2 heterocycles. The molecule has 0 aromatic rings. The van der Waals surface area contributed by atoms with E-state index in [-0.39, 0.29) is 5.60 Å². The molecule has 0 amide bonds. The Morgan fingerprint density at radius 2 is 2.08 bits per heavy atom. The van der Waals surface area contributed by atoms with Crippen molar-refractivity contribution in [2.75, 3.05) is 33.3 Å². The minimum Gasteiger partial charge on any atom is -0.372 e. The minimum atomic E-state index is 0.144. The highest BCUT2D eigenvalue weighted by molar-refractivity contribution is 4.96. The molecule has 2 saturated heterocycles. The van der Waals surface area contributed by atoms with Crippen LogP contribution in [0.4, 0.5) is 0 Å². The molecule has 1 N–H and O–H groups in total. The highest BCUT2D eigenvalue weighted by Crippen LogP contribution is 2.30. The predicted molar refractivity (Wildman–Crippen MR) is 52.9 cm³/mol. The Balaban J connectivity index is 2.01. The summed E-state index contributed by atoms with van der Waals surface area (Å²) in [6, 6.07) is 0.523. The fraction of sp³-hybridized carbons (Fsp3) is 1.00. The summed E-state index contributed by atoms with van der Waals surface area (Å²) in [6.07, 6.45) is 2.36. The third-order valence-corrected chi connectivity index (χ3v) is 3.56. The van der Waals surface area contributed by atoms with Gasteiger partial charge in [-0.3, -0.25) is 0 Å². The van der Waals surface area contributed by atoms with E-state index in [4.69, 9.17) is 4.74 Å². The molecule has 13 heavy (non-hydrogen) atoms. The third-order valence-electron chi connectivity index (χ3n) is 3.56. The first-order valence-electron chi connectivity index (χ1n) is 5.29. The van der Waals surface area contributed by atoms with Crippen molar-refractivity contribution in [1.29, 1.82) is 0 Å². The van der Waals surface area contributed by atoms with Crippen LogP contribution in [0.25, 0.3) is 0 Å². The van der Waals surface area contributed by atoms with Crippen LogP contribution in [0.3, 0.4) is 0 Å². The highest BCUT2D eigenvalue weighted by atomic mass is 16.5. The summed E-state index contributed by atoms with van der Waals surface area (Å²) in [5.74, 6) is 0. The van der Waals surface area contributed by atoms with Gasteiger partial charge in [-0.05, 0) is 26.8 Å². The lowest BCUT2D eigenvalue weighted by atomic mass is 9.84. The number of nitrogens with one attached hydrogen (secondary N) is 1. The molecule has 3 heteroatoms. The predicted octanol–water partition coefficient (Wildman–Crippen LogP) is 0.459. The summed E-state index contributed by atoms with van der Waals surface area (Å²) in [5.41, 5.74) is 0.144. The molecule has 0 radical (unpaired) electrons. The molecule has 76 valence electrons. The van der Waals surface area contributed by atoms with E-state index in [9.17, 15) is 0 Å². The van der Waals surface area contributed by atoms with Gasteiger partial charge in [-0.1, -0.05) is 0 Å². The van der Waals surface area contributed by atoms with E-state index in [1.54, 1.807) is 0 Å². The van der Waals surface area contributed by atoms with Gasteiger partial charge in [0, 0.05) is 25.7 Å². The Morgan fingerprint density at radius 1 is 1.38 bits per heavy atom. The number of hydrogen-bond donors (Lipinski definition) is 1. The SMILES string of the molecule is CC1NCCOC12CCN(C)CC2. The maximum absolute atomic E-state index is 5.98. The number of nitrogens with zero attached hydrogens (tertiary/aromatic N) is 1. The normalized spacial score (nSPS) is 35.1. The Bertz CT molecular complexity index is 176. The topological polar surface area (TPSA) is 24.5 Å². The summed E-state index contributed by atoms with van der Waals surface area (Å²) in [4.78, 5) is 2.38. The van der Waals surface area contributed by atoms with Crippen molar-refractivity contribution in [3.05, 3.63) is 0 Å². The van der Waals surface area contributed by atoms with Gasteiger partial charge in [0.2, 0.25) is 0 Å². The molecule has 0 aromatic heterocycles. The van der Waals surface area contributed by atoms with E-state index in [1.165, 1.54) is 25.9 Å². The largest absolute Gasteiger partial charge is 0.372 e. The first-order chi connectivity index (χ1) is 6.23. The maximum Gasteiger partial charge on any atom is 0.0856 e. The van der Waals surface area contributed by atoms with Crippen molar-refractivity contribution in [2.24, 2.45) is 0 Å². The van der Waals surface area contributed by atoms with E-state index in [2.05, 4.69) is 24.2 Å². The van der Waals surface area contributed by atoms with Crippen LogP contribution in [0, 0.1) is 0 Å². The van der Waals surface area contributed by atoms with Crippen molar-refractivity contribution < 1.29 is 4.74 Å². The minimum absolute atomic E-state index is 0.144. The molecule has 2 aliphatic heterocycles. The van der Waals surface area contributed by atoms with Crippen LogP contribution in [0.1, 0.15) is 19.8 Å². The zero-order valence-electron chi connectivity index (χ0n) is 8.68. The Morgan fingerprint density at radius 3 is 2.69 bits per heavy atom. The van der Waals surface area contributed by atoms with E-state index in [1.807, 2.05) is 0 Å². The fourth-order valence-corrected chi connectivity index (χ4v) is 2.42. The average Bonchev–Trinajstić information content (AvgIpc) is 2.15. The lowest BCUT2D eigenvalue weighted by molar-refractivity contribution is -0.121. The summed E-state index contributed by atoms with van der Waals surface area (Å²) >= 11 is 0. The van der Waals surface area contributed by atoms with Crippen LogP contribution in [-0.4, -0.2) is 49.8 Å². The molecule has 3 nitrogen and oxygen atoms in total. The smallest absolute Gasteiger partial charge is 0.0856 e. The van der Waals surface area contributed by atoms with Crippen LogP contribution in [0.15, 0.2) is 0 Å². The first-order valence-corrected chi connectivity index (χ1v) is 5.29. The summed E-state index contributed by atoms with van der Waals surface area (Å²) < 4.78 is 5.98. The molecular weight excluding hydrogens is 164 g/mol. The van der Waals surface area contributed by atoms with Crippen LogP contribution in [0.5, 0.6) is 0 Å². The number of rotatable bonds is 0. The van der Waals surface area contributed by atoms with Crippen molar-refractivity contribution in [3.8, 4) is 0 Å². The molecule has 1 spiro atoms. The van der Waals surface area contributed by atoms with Gasteiger partial charge in [0.1, 0.15) is 0 Å². The summed E-state index contributed by atoms with van der Waals surface area (Å²) in [5, 5.41) is 3.51. The van der Waals surface area contributed by atoms with Crippen LogP contribution in [-0.2, 0) is 4.74 Å². The molecule has 2 aliphatic rings. The van der Waals surface area contributed by atoms with Crippen molar-refractivity contribution >= 4 is 0 Å². The number of piperidine rings is 1. The van der Waals surface area contributed by atoms with Gasteiger partial charge in [0.15, 0.2) is 0 Å². The van der Waals surface area contributed by atoms with E-state index in [0.717, 1.165) is 13.2 Å². The van der Waals surface area contributed by atoms with E-state index < -0.39 is 0 Å². The standard InChI is InChI=1S/C10H20N2O/c1-9-10(13-8-5-11-9)3-6-12(2)7-4-10/h9,11H,3-8H2,1-2H3. The zero-order valence-corrected chi connectivity index (χ0v) is 8.68. The number of ether oxygens (including phenoxy) is 1. The second-order valence-corrected chi connectivity index (χ2v) is 4.39. The molecular formula is C10H20N2O. The third kappa shape index (κ3) is 1.73. The van der Waals surface area contributed by atoms with Crippen LogP contribution >= 0.6 is 0 Å². The van der Waals surface area contributed by atoms with E-state index >= 15 is 0 Å². The van der Waals surface area contributed by atoms with E-state index in [0.29, 0.717) is 6.04 Å². The number of likely N-dealkylation sites (tertiary alicyclic amines) is 1. The molecule has 1 unspecified atom stereocenters. The van der Waals surface area contributed by atoms with Gasteiger partial charge in [-0.25, -0.2) is 0 Å². The molecule has 1 atom stereocenters. The van der Waals surface area contributed by atoms with Crippen molar-refractivity contribution in [2.45, 2.75) is 31.4 Å². The van der Waals surface area contributed by atoms with Crippen molar-refractivity contribution in [3.63, 3.8) is 0 Å². The van der Waals surface area contributed by atoms with Gasteiger partial charge in [-0.15, -0.1) is 0 Å². The lowest BCUT2D eigenvalue weighted by Gasteiger charge is -2.47. The van der Waals surface area contributed by atoms with Gasteiger partial charge in [0.25, 0.3) is 0 Å². The van der Waals surface area contributed by atoms with Gasteiger partial charge in [-0.2, -0.15) is 0 Å². The van der Waals surface area contributed by atoms with Gasteiger partial charge in [0.05, 0.1) is 12.2 Å². The summed E-state index contributed by atoms with van der Waals surface area (Å²) in [6.45, 7) is 6.50. The highest BCUT2D eigenvalue weighted by Gasteiger charge is 2.41. The van der Waals surface area contributed by atoms with Crippen LogP contribution in [0.2, 0.25) is 0 Å². The molecule has 2 rings (SSSR count). The Labute approximate surface area is 80.4 Å². The number of morpholine rings is 1. The van der Waals surface area contributed by atoms with Gasteiger partial charge < -0.3 is 15.0 Å². The molecule has 0 saturated carbocycles. The molecule has 2 fully saturated rings. The lowest BCUT2D eigenvalue weighted by Crippen LogP contribution is -2.60. The average molecular weight is 184 g/mol. The first kappa shape index (κ1) is 9.44. The fourth-order valence-electron chi connectivity index (χ4n) is 2.42. The summed E-state index contributed by atoms with van der Waals surface area (Å²) in [7, 11) is 2.19. The van der Waals surface area contributed by atoms with Crippen molar-refractivity contribution in [1.82, 2.24) is 10.2 Å². The van der Waals surface area contributed by atoms with Crippen LogP contribution < -0.4 is 5.32 Å². The quantitative estimate of drug-likeness (QED) is 0.592. The zero-order chi connectivity index (χ0) is 9.31. The number of hydrogen-bond acceptors (Lipinski definition) is 3. The monoisotopic (exact) mass is 184 g/mol. The molecule has 0 aliphatic carbocycles. The second kappa shape index (κ2) is 3.56. The Hall–Kier alpha value is -0.120. The Kier molecular flexibility index (Phi) is 2.58. The molecule has 0 bridgehead atoms. The maximum atomic E-state index is 5.98. The molecule has 0 aromatic carbocycles. The van der Waals surface area contributed by atoms with Gasteiger partial charge >= 0.3 is 0 Å². The second-order valence-electron chi connectivity index (χ2n) is 4.39.